The van der Waals surface area contributed by atoms with Gasteiger partial charge < -0.3 is 14.7 Å². The Balaban J connectivity index is 1.55. The van der Waals surface area contributed by atoms with Crippen molar-refractivity contribution in [1.82, 2.24) is 9.80 Å². The summed E-state index contributed by atoms with van der Waals surface area (Å²) in [6.45, 7) is 3.92. The number of hydrogen-bond acceptors (Lipinski definition) is 4. The number of likely N-dealkylation sites (tertiary alicyclic amines) is 2. The summed E-state index contributed by atoms with van der Waals surface area (Å²) in [4.78, 5) is 28.6. The summed E-state index contributed by atoms with van der Waals surface area (Å²) < 4.78 is 5.12. The molecule has 1 N–H and O–H groups in total. The van der Waals surface area contributed by atoms with Crippen molar-refractivity contribution in [2.75, 3.05) is 39.9 Å². The average Bonchev–Trinajstić information content (AvgIpc) is 3.47. The topological polar surface area (TPSA) is 70.1 Å². The Morgan fingerprint density at radius 2 is 1.88 bits per heavy atom. The van der Waals surface area contributed by atoms with Crippen LogP contribution in [0.1, 0.15) is 51.4 Å². The smallest absolute Gasteiger partial charge is 0.310 e. The molecule has 1 aliphatic carbocycles. The normalized spacial score (nSPS) is 28.9. The Hall–Kier alpha value is -1.14. The van der Waals surface area contributed by atoms with Crippen LogP contribution in [0.25, 0.3) is 0 Å². The molecule has 6 nitrogen and oxygen atoms in total. The van der Waals surface area contributed by atoms with Gasteiger partial charge in [-0.3, -0.25) is 14.5 Å². The third-order valence-corrected chi connectivity index (χ3v) is 6.28. The molecule has 6 heteroatoms. The monoisotopic (exact) mass is 352 g/mol. The van der Waals surface area contributed by atoms with Crippen LogP contribution in [0, 0.1) is 11.3 Å². The van der Waals surface area contributed by atoms with Crippen molar-refractivity contribution >= 4 is 11.9 Å². The Kier molecular flexibility index (Phi) is 6.00. The maximum Gasteiger partial charge on any atom is 0.310 e. The van der Waals surface area contributed by atoms with Crippen LogP contribution in [0.3, 0.4) is 0 Å². The quantitative estimate of drug-likeness (QED) is 0.710. The minimum Gasteiger partial charge on any atom is -0.481 e. The second-order valence-corrected chi connectivity index (χ2v) is 8.09. The molecule has 2 aliphatic heterocycles. The number of ether oxygens (including phenoxy) is 1. The van der Waals surface area contributed by atoms with Gasteiger partial charge in [0.15, 0.2) is 0 Å². The Morgan fingerprint density at radius 3 is 2.48 bits per heavy atom. The minimum atomic E-state index is -0.658. The van der Waals surface area contributed by atoms with E-state index in [0.29, 0.717) is 37.4 Å². The molecule has 2 saturated heterocycles. The fourth-order valence-electron chi connectivity index (χ4n) is 4.56. The number of carbonyl (C=O) groups excluding carboxylic acids is 1. The third-order valence-electron chi connectivity index (χ3n) is 6.28. The van der Waals surface area contributed by atoms with Crippen LogP contribution >= 0.6 is 0 Å². The van der Waals surface area contributed by atoms with Gasteiger partial charge in [-0.15, -0.1) is 0 Å². The van der Waals surface area contributed by atoms with Gasteiger partial charge in [0.25, 0.3) is 0 Å². The summed E-state index contributed by atoms with van der Waals surface area (Å²) in [5, 5.41) is 9.87. The van der Waals surface area contributed by atoms with Gasteiger partial charge in [-0.1, -0.05) is 0 Å². The minimum absolute atomic E-state index is 0.298. The number of nitrogens with zero attached hydrogens (tertiary/aromatic N) is 2. The lowest BCUT2D eigenvalue weighted by molar-refractivity contribution is -0.154. The molecule has 142 valence electrons. The van der Waals surface area contributed by atoms with E-state index in [1.807, 2.05) is 4.90 Å². The molecule has 25 heavy (non-hydrogen) atoms. The van der Waals surface area contributed by atoms with Crippen LogP contribution in [-0.4, -0.2) is 72.7 Å². The number of amides is 1. The summed E-state index contributed by atoms with van der Waals surface area (Å²) in [7, 11) is 1.66. The standard InChI is InChI=1S/C19H32N2O4/c1-25-13-3-9-19(18(23)24)8-2-10-21(14-19)16-6-11-20(12-7-16)17(22)15-4-5-15/h15-16H,2-14H2,1H3,(H,23,24)/t19-/m0/s1. The van der Waals surface area contributed by atoms with Gasteiger partial charge in [-0.2, -0.15) is 0 Å². The lowest BCUT2D eigenvalue weighted by Crippen LogP contribution is -2.54. The summed E-state index contributed by atoms with van der Waals surface area (Å²) in [5.74, 6) is -0.0156. The van der Waals surface area contributed by atoms with Crippen molar-refractivity contribution in [2.45, 2.75) is 57.4 Å². The van der Waals surface area contributed by atoms with E-state index < -0.39 is 11.4 Å². The molecule has 1 amide bonds. The maximum atomic E-state index is 12.2. The first-order valence-corrected chi connectivity index (χ1v) is 9.81. The Morgan fingerprint density at radius 1 is 1.16 bits per heavy atom. The highest BCUT2D eigenvalue weighted by Gasteiger charge is 2.44. The zero-order valence-corrected chi connectivity index (χ0v) is 15.4. The van der Waals surface area contributed by atoms with Gasteiger partial charge in [0, 0.05) is 45.3 Å². The molecule has 1 saturated carbocycles. The summed E-state index contributed by atoms with van der Waals surface area (Å²) in [5.41, 5.74) is -0.627. The average molecular weight is 352 g/mol. The first kappa shape index (κ1) is 18.6. The fourth-order valence-corrected chi connectivity index (χ4v) is 4.56. The Labute approximate surface area is 150 Å². The first-order chi connectivity index (χ1) is 12.1. The van der Waals surface area contributed by atoms with Gasteiger partial charge in [-0.25, -0.2) is 0 Å². The second kappa shape index (κ2) is 8.04. The second-order valence-electron chi connectivity index (χ2n) is 8.09. The zero-order valence-electron chi connectivity index (χ0n) is 15.4. The molecule has 0 unspecified atom stereocenters. The van der Waals surface area contributed by atoms with Crippen LogP contribution < -0.4 is 0 Å². The van der Waals surface area contributed by atoms with Gasteiger partial charge in [0.2, 0.25) is 5.91 Å². The van der Waals surface area contributed by atoms with Crippen molar-refractivity contribution in [3.63, 3.8) is 0 Å². The van der Waals surface area contributed by atoms with Crippen LogP contribution in [-0.2, 0) is 14.3 Å². The lowest BCUT2D eigenvalue weighted by Gasteiger charge is -2.46. The summed E-state index contributed by atoms with van der Waals surface area (Å²) in [6, 6.07) is 0.421. The van der Waals surface area contributed by atoms with E-state index in [9.17, 15) is 14.7 Å². The molecular formula is C19H32N2O4. The number of aliphatic carboxylic acids is 1. The molecule has 0 spiro atoms. The molecule has 1 atom stereocenters. The van der Waals surface area contributed by atoms with Crippen molar-refractivity contribution in [2.24, 2.45) is 11.3 Å². The van der Waals surface area contributed by atoms with E-state index in [4.69, 9.17) is 4.74 Å². The van der Waals surface area contributed by atoms with Gasteiger partial charge in [0.1, 0.15) is 0 Å². The van der Waals surface area contributed by atoms with E-state index >= 15 is 0 Å². The SMILES string of the molecule is COCCC[C@@]1(C(=O)O)CCCN(C2CCN(C(=O)C3CC3)CC2)C1. The number of carbonyl (C=O) groups is 2. The number of rotatable bonds is 7. The predicted molar refractivity (Wildman–Crippen MR) is 94.3 cm³/mol. The van der Waals surface area contributed by atoms with E-state index in [2.05, 4.69) is 4.90 Å². The van der Waals surface area contributed by atoms with E-state index in [1.165, 1.54) is 0 Å². The summed E-state index contributed by atoms with van der Waals surface area (Å²) >= 11 is 0. The van der Waals surface area contributed by atoms with E-state index in [0.717, 1.165) is 64.6 Å². The van der Waals surface area contributed by atoms with Crippen molar-refractivity contribution in [3.05, 3.63) is 0 Å². The molecule has 2 heterocycles. The number of carboxylic acid groups (broad SMARTS) is 1. The predicted octanol–water partition coefficient (Wildman–Crippen LogP) is 1.98. The maximum absolute atomic E-state index is 12.2. The molecule has 3 rings (SSSR count). The van der Waals surface area contributed by atoms with Gasteiger partial charge in [0.05, 0.1) is 5.41 Å². The highest BCUT2D eigenvalue weighted by atomic mass is 16.5. The molecule has 0 aromatic heterocycles. The van der Waals surface area contributed by atoms with E-state index in [1.54, 1.807) is 7.11 Å². The van der Waals surface area contributed by atoms with E-state index in [-0.39, 0.29) is 0 Å². The van der Waals surface area contributed by atoms with Crippen molar-refractivity contribution in [3.8, 4) is 0 Å². The molecule has 0 bridgehead atoms. The number of hydrogen-bond donors (Lipinski definition) is 1. The molecule has 0 radical (unpaired) electrons. The number of methoxy groups -OCH3 is 1. The molecule has 0 aromatic carbocycles. The van der Waals surface area contributed by atoms with Gasteiger partial charge >= 0.3 is 5.97 Å². The van der Waals surface area contributed by atoms with Crippen LogP contribution in [0.15, 0.2) is 0 Å². The van der Waals surface area contributed by atoms with Crippen LogP contribution in [0.4, 0.5) is 0 Å². The fraction of sp³-hybridized carbons (Fsp3) is 0.895. The highest BCUT2D eigenvalue weighted by Crippen LogP contribution is 2.37. The van der Waals surface area contributed by atoms with Gasteiger partial charge in [-0.05, 0) is 57.9 Å². The molecule has 0 aromatic rings. The number of piperidine rings is 2. The molecule has 3 aliphatic rings. The lowest BCUT2D eigenvalue weighted by atomic mass is 9.75. The summed E-state index contributed by atoms with van der Waals surface area (Å²) in [6.07, 6.45) is 7.28. The first-order valence-electron chi connectivity index (χ1n) is 9.81. The van der Waals surface area contributed by atoms with Crippen LogP contribution in [0.2, 0.25) is 0 Å². The van der Waals surface area contributed by atoms with Crippen molar-refractivity contribution in [1.29, 1.82) is 0 Å². The largest absolute Gasteiger partial charge is 0.481 e. The molecule has 3 fully saturated rings. The zero-order chi connectivity index (χ0) is 17.9. The third kappa shape index (κ3) is 4.34. The molecular weight excluding hydrogens is 320 g/mol. The Bertz CT molecular complexity index is 486. The highest BCUT2D eigenvalue weighted by molar-refractivity contribution is 5.81. The number of carboxylic acids is 1. The van der Waals surface area contributed by atoms with Crippen LogP contribution in [0.5, 0.6) is 0 Å². The van der Waals surface area contributed by atoms with Crippen molar-refractivity contribution < 1.29 is 19.4 Å².